The van der Waals surface area contributed by atoms with Gasteiger partial charge in [0, 0.05) is 21.6 Å². The van der Waals surface area contributed by atoms with Crippen LogP contribution in [0, 0.1) is 0 Å². The van der Waals surface area contributed by atoms with Gasteiger partial charge in [0.2, 0.25) is 0 Å². The maximum Gasteiger partial charge on any atom is 0.277 e. The first kappa shape index (κ1) is 23.2. The molecule has 4 aromatic rings. The molecule has 0 fully saturated rings. The second kappa shape index (κ2) is 10.8. The van der Waals surface area contributed by atoms with Crippen LogP contribution in [0.2, 0.25) is 0 Å². The van der Waals surface area contributed by atoms with Crippen molar-refractivity contribution in [3.63, 3.8) is 0 Å². The van der Waals surface area contributed by atoms with E-state index in [-0.39, 0.29) is 12.5 Å². The second-order valence-electron chi connectivity index (χ2n) is 7.20. The summed E-state index contributed by atoms with van der Waals surface area (Å²) in [4.78, 5) is 16.8. The van der Waals surface area contributed by atoms with Crippen molar-refractivity contribution in [1.29, 1.82) is 0 Å². The molecule has 0 bridgehead atoms. The zero-order valence-electron chi connectivity index (χ0n) is 17.8. The quantitative estimate of drug-likeness (QED) is 0.201. The van der Waals surface area contributed by atoms with Crippen LogP contribution in [0.15, 0.2) is 74.8 Å². The number of nitrogens with zero attached hydrogens (tertiary/aromatic N) is 2. The van der Waals surface area contributed by atoms with Gasteiger partial charge in [0.25, 0.3) is 5.91 Å². The molecule has 0 aliphatic rings. The Morgan fingerprint density at radius 2 is 1.88 bits per heavy atom. The number of halogens is 2. The molecule has 0 spiro atoms. The maximum atomic E-state index is 12.4. The number of pyridine rings is 1. The van der Waals surface area contributed by atoms with E-state index in [1.54, 1.807) is 12.4 Å². The highest BCUT2D eigenvalue weighted by atomic mass is 79.9. The number of fused-ring (bicyclic) bond motifs is 2. The van der Waals surface area contributed by atoms with Crippen LogP contribution >= 0.6 is 31.9 Å². The molecule has 0 saturated heterocycles. The van der Waals surface area contributed by atoms with Gasteiger partial charge in [-0.15, -0.1) is 0 Å². The number of amides is 1. The zero-order valence-corrected chi connectivity index (χ0v) is 21.0. The maximum absolute atomic E-state index is 12.4. The molecule has 1 aromatic heterocycles. The number of ether oxygens (including phenoxy) is 2. The molecule has 6 nitrogen and oxygen atoms in total. The third kappa shape index (κ3) is 5.34. The van der Waals surface area contributed by atoms with E-state index in [1.165, 1.54) is 0 Å². The van der Waals surface area contributed by atoms with E-state index in [0.29, 0.717) is 22.3 Å². The molecule has 0 unspecified atom stereocenters. The van der Waals surface area contributed by atoms with Crippen molar-refractivity contribution in [2.45, 2.75) is 13.3 Å². The highest BCUT2D eigenvalue weighted by molar-refractivity contribution is 9.11. The fourth-order valence-electron chi connectivity index (χ4n) is 3.37. The van der Waals surface area contributed by atoms with Crippen LogP contribution in [-0.4, -0.2) is 30.3 Å². The first-order chi connectivity index (χ1) is 16.1. The Balaban J connectivity index is 1.49. The molecule has 0 radical (unpaired) electrons. The number of hydrazone groups is 1. The number of rotatable bonds is 8. The highest BCUT2D eigenvalue weighted by Gasteiger charge is 2.13. The summed E-state index contributed by atoms with van der Waals surface area (Å²) < 4.78 is 13.2. The fraction of sp³-hybridized carbons (Fsp3) is 0.160. The van der Waals surface area contributed by atoms with Crippen LogP contribution in [0.4, 0.5) is 0 Å². The van der Waals surface area contributed by atoms with Crippen molar-refractivity contribution >= 4 is 65.7 Å². The molecule has 0 atom stereocenters. The number of carbonyl (C=O) groups excluding carboxylic acids is 1. The third-order valence-corrected chi connectivity index (χ3v) is 6.12. The van der Waals surface area contributed by atoms with Gasteiger partial charge >= 0.3 is 0 Å². The lowest BCUT2D eigenvalue weighted by atomic mass is 10.0. The van der Waals surface area contributed by atoms with Gasteiger partial charge in [0.15, 0.2) is 12.4 Å². The van der Waals surface area contributed by atoms with Gasteiger partial charge in [0.1, 0.15) is 11.3 Å². The lowest BCUT2D eigenvalue weighted by molar-refractivity contribution is -0.123. The van der Waals surface area contributed by atoms with Crippen LogP contribution in [0.3, 0.4) is 0 Å². The van der Waals surface area contributed by atoms with E-state index in [2.05, 4.69) is 54.3 Å². The number of aromatic nitrogens is 1. The second-order valence-corrected chi connectivity index (χ2v) is 8.91. The van der Waals surface area contributed by atoms with Crippen molar-refractivity contribution in [3.8, 4) is 11.5 Å². The topological polar surface area (TPSA) is 72.8 Å². The summed E-state index contributed by atoms with van der Waals surface area (Å²) in [7, 11) is 0. The molecule has 33 heavy (non-hydrogen) atoms. The SMILES string of the molecule is CCCOc1ccc2ccccc2c1/C=N/NC(=O)COc1c(Br)cc(Br)c2cccnc12. The molecule has 1 N–H and O–H groups in total. The molecule has 168 valence electrons. The molecule has 0 aliphatic carbocycles. The highest BCUT2D eigenvalue weighted by Crippen LogP contribution is 2.37. The van der Waals surface area contributed by atoms with Gasteiger partial charge < -0.3 is 9.47 Å². The molecule has 1 heterocycles. The van der Waals surface area contributed by atoms with Gasteiger partial charge in [-0.3, -0.25) is 9.78 Å². The van der Waals surface area contributed by atoms with Gasteiger partial charge in [-0.05, 0) is 51.3 Å². The lowest BCUT2D eigenvalue weighted by Crippen LogP contribution is -2.24. The summed E-state index contributed by atoms with van der Waals surface area (Å²) in [5.74, 6) is 0.833. The number of benzene rings is 3. The van der Waals surface area contributed by atoms with E-state index in [1.807, 2.05) is 54.6 Å². The molecule has 0 aliphatic heterocycles. The van der Waals surface area contributed by atoms with E-state index < -0.39 is 0 Å². The van der Waals surface area contributed by atoms with E-state index in [0.717, 1.165) is 38.4 Å². The summed E-state index contributed by atoms with van der Waals surface area (Å²) in [6.07, 6.45) is 4.19. The van der Waals surface area contributed by atoms with E-state index in [9.17, 15) is 4.79 Å². The fourth-order valence-corrected chi connectivity index (χ4v) is 4.76. The average Bonchev–Trinajstić information content (AvgIpc) is 2.83. The first-order valence-corrected chi connectivity index (χ1v) is 12.0. The summed E-state index contributed by atoms with van der Waals surface area (Å²) in [6.45, 7) is 2.44. The van der Waals surface area contributed by atoms with Gasteiger partial charge in [-0.1, -0.05) is 59.3 Å². The Morgan fingerprint density at radius 1 is 1.06 bits per heavy atom. The third-order valence-electron chi connectivity index (χ3n) is 4.87. The van der Waals surface area contributed by atoms with Crippen molar-refractivity contribution in [1.82, 2.24) is 10.4 Å². The monoisotopic (exact) mass is 569 g/mol. The zero-order chi connectivity index (χ0) is 23.2. The number of hydrogen-bond donors (Lipinski definition) is 1. The first-order valence-electron chi connectivity index (χ1n) is 10.4. The summed E-state index contributed by atoms with van der Waals surface area (Å²) in [6, 6.07) is 17.6. The van der Waals surface area contributed by atoms with Crippen molar-refractivity contribution < 1.29 is 14.3 Å². The molecule has 0 saturated carbocycles. The van der Waals surface area contributed by atoms with Crippen molar-refractivity contribution in [3.05, 3.63) is 75.3 Å². The minimum absolute atomic E-state index is 0.210. The lowest BCUT2D eigenvalue weighted by Gasteiger charge is -2.12. The van der Waals surface area contributed by atoms with Crippen molar-refractivity contribution in [2.24, 2.45) is 5.10 Å². The van der Waals surface area contributed by atoms with Crippen LogP contribution in [-0.2, 0) is 4.79 Å². The summed E-state index contributed by atoms with van der Waals surface area (Å²) in [5, 5.41) is 7.11. The Labute approximate surface area is 208 Å². The van der Waals surface area contributed by atoms with E-state index in [4.69, 9.17) is 9.47 Å². The van der Waals surface area contributed by atoms with Gasteiger partial charge in [0.05, 0.1) is 17.3 Å². The Morgan fingerprint density at radius 3 is 2.73 bits per heavy atom. The Bertz CT molecular complexity index is 1340. The van der Waals surface area contributed by atoms with Crippen LogP contribution in [0.1, 0.15) is 18.9 Å². The molecular formula is C25H21Br2N3O3. The molecule has 1 amide bonds. The smallest absolute Gasteiger partial charge is 0.277 e. The van der Waals surface area contributed by atoms with Gasteiger partial charge in [-0.2, -0.15) is 5.10 Å². The van der Waals surface area contributed by atoms with E-state index >= 15 is 0 Å². The Hall–Kier alpha value is -2.97. The summed E-state index contributed by atoms with van der Waals surface area (Å²) in [5.41, 5.74) is 4.00. The molecular weight excluding hydrogens is 550 g/mol. The summed E-state index contributed by atoms with van der Waals surface area (Å²) >= 11 is 7.01. The number of hydrogen-bond acceptors (Lipinski definition) is 5. The predicted molar refractivity (Wildman–Crippen MR) is 138 cm³/mol. The van der Waals surface area contributed by atoms with Crippen LogP contribution in [0.5, 0.6) is 11.5 Å². The predicted octanol–water partition coefficient (Wildman–Crippen LogP) is 6.23. The largest absolute Gasteiger partial charge is 0.493 e. The standard InChI is InChI=1S/C25H21Br2N3O3/c1-2-12-32-22-10-9-16-6-3-4-7-17(16)19(22)14-29-30-23(31)15-33-25-21(27)13-20(26)18-8-5-11-28-24(18)25/h3-11,13-14H,2,12,15H2,1H3,(H,30,31)/b29-14+. The van der Waals surface area contributed by atoms with Crippen LogP contribution in [0.25, 0.3) is 21.7 Å². The Kier molecular flexibility index (Phi) is 7.57. The molecule has 3 aromatic carbocycles. The van der Waals surface area contributed by atoms with Crippen molar-refractivity contribution in [2.75, 3.05) is 13.2 Å². The average molecular weight is 571 g/mol. The molecule has 8 heteroatoms. The normalized spacial score (nSPS) is 11.2. The van der Waals surface area contributed by atoms with Gasteiger partial charge in [-0.25, -0.2) is 5.43 Å². The van der Waals surface area contributed by atoms with Crippen LogP contribution < -0.4 is 14.9 Å². The number of nitrogens with one attached hydrogen (secondary N) is 1. The minimum atomic E-state index is -0.388. The number of carbonyl (C=O) groups is 1. The molecule has 4 rings (SSSR count). The minimum Gasteiger partial charge on any atom is -0.493 e.